The van der Waals surface area contributed by atoms with Crippen molar-refractivity contribution in [3.63, 3.8) is 0 Å². The van der Waals surface area contributed by atoms with Crippen LogP contribution in [0.2, 0.25) is 0 Å². The van der Waals surface area contributed by atoms with Crippen LogP contribution in [0.5, 0.6) is 0 Å². The minimum atomic E-state index is -1.27. The maximum atomic E-state index is 12.2. The van der Waals surface area contributed by atoms with E-state index in [0.29, 0.717) is 17.9 Å². The van der Waals surface area contributed by atoms with E-state index in [1.54, 1.807) is 24.3 Å². The van der Waals surface area contributed by atoms with Gasteiger partial charge in [-0.05, 0) is 30.7 Å². The van der Waals surface area contributed by atoms with E-state index in [2.05, 4.69) is 11.9 Å². The van der Waals surface area contributed by atoms with Gasteiger partial charge in [0, 0.05) is 20.1 Å². The number of rotatable bonds is 14. The molecule has 0 saturated carbocycles. The van der Waals surface area contributed by atoms with Crippen LogP contribution in [0.4, 0.5) is 5.69 Å². The van der Waals surface area contributed by atoms with Gasteiger partial charge < -0.3 is 14.2 Å². The van der Waals surface area contributed by atoms with Crippen molar-refractivity contribution >= 4 is 29.8 Å². The van der Waals surface area contributed by atoms with E-state index in [0.717, 1.165) is 12.8 Å². The summed E-state index contributed by atoms with van der Waals surface area (Å²) in [5.74, 6) is -4.25. The van der Waals surface area contributed by atoms with Gasteiger partial charge in [-0.3, -0.25) is 14.6 Å². The first kappa shape index (κ1) is 26.6. The van der Waals surface area contributed by atoms with Gasteiger partial charge in [0.25, 0.3) is 5.79 Å². The molecule has 1 heterocycles. The van der Waals surface area contributed by atoms with E-state index in [-0.39, 0.29) is 5.97 Å². The Morgan fingerprint density at radius 3 is 1.97 bits per heavy atom. The number of unbranched alkanes of at least 4 members (excludes halogenated alkanes) is 9. The van der Waals surface area contributed by atoms with E-state index in [1.807, 2.05) is 0 Å². The lowest BCUT2D eigenvalue weighted by molar-refractivity contribution is -0.235. The number of carbonyl (C=O) groups is 3. The molecule has 0 amide bonds. The Balaban J connectivity index is 1.65. The van der Waals surface area contributed by atoms with E-state index >= 15 is 0 Å². The predicted molar refractivity (Wildman–Crippen MR) is 126 cm³/mol. The normalized spacial score (nSPS) is 16.0. The molecule has 0 unspecified atom stereocenters. The van der Waals surface area contributed by atoms with Gasteiger partial charge in [-0.1, -0.05) is 64.7 Å². The third kappa shape index (κ3) is 9.76. The van der Waals surface area contributed by atoms with Gasteiger partial charge in [0.05, 0.1) is 17.9 Å². The zero-order chi connectivity index (χ0) is 24.1. The molecule has 1 aliphatic heterocycles. The second kappa shape index (κ2) is 13.8. The maximum Gasteiger partial charge on any atom is 0.338 e. The molecule has 1 aliphatic rings. The Morgan fingerprint density at radius 2 is 1.42 bits per heavy atom. The Bertz CT molecular complexity index is 780. The van der Waals surface area contributed by atoms with Crippen molar-refractivity contribution < 1.29 is 28.6 Å². The number of benzene rings is 1. The van der Waals surface area contributed by atoms with Gasteiger partial charge in [-0.2, -0.15) is 0 Å². The van der Waals surface area contributed by atoms with E-state index in [9.17, 15) is 14.4 Å². The molecule has 0 spiro atoms. The van der Waals surface area contributed by atoms with Gasteiger partial charge in [-0.15, -0.1) is 0 Å². The van der Waals surface area contributed by atoms with Crippen LogP contribution in [-0.2, 0) is 23.8 Å². The van der Waals surface area contributed by atoms with Crippen LogP contribution in [0.15, 0.2) is 29.3 Å². The second-order valence-corrected chi connectivity index (χ2v) is 8.86. The Morgan fingerprint density at radius 1 is 0.909 bits per heavy atom. The fraction of sp³-hybridized carbons (Fsp3) is 0.615. The molecule has 1 aromatic rings. The first-order valence-electron chi connectivity index (χ1n) is 12.1. The van der Waals surface area contributed by atoms with Crippen molar-refractivity contribution in [2.75, 3.05) is 6.61 Å². The van der Waals surface area contributed by atoms with Gasteiger partial charge >= 0.3 is 17.9 Å². The van der Waals surface area contributed by atoms with Crippen molar-refractivity contribution in [2.24, 2.45) is 10.9 Å². The lowest BCUT2D eigenvalue weighted by Gasteiger charge is -2.31. The molecular formula is C26H37NO6. The summed E-state index contributed by atoms with van der Waals surface area (Å²) < 4.78 is 15.4. The summed E-state index contributed by atoms with van der Waals surface area (Å²) in [6.07, 6.45) is 13.5. The maximum absolute atomic E-state index is 12.2. The fourth-order valence-corrected chi connectivity index (χ4v) is 3.53. The third-order valence-electron chi connectivity index (χ3n) is 5.41. The highest BCUT2D eigenvalue weighted by atomic mass is 16.7. The topological polar surface area (TPSA) is 91.3 Å². The number of hydrogen-bond donors (Lipinski definition) is 0. The van der Waals surface area contributed by atoms with Crippen LogP contribution in [0, 0.1) is 5.92 Å². The number of nitrogens with zero attached hydrogens (tertiary/aromatic N) is 1. The molecule has 1 saturated heterocycles. The van der Waals surface area contributed by atoms with Crippen molar-refractivity contribution in [2.45, 2.75) is 90.8 Å². The number of cyclic esters (lactones) is 2. The molecule has 7 heteroatoms. The minimum absolute atomic E-state index is 0.372. The smallest absolute Gasteiger partial charge is 0.338 e. The first-order valence-corrected chi connectivity index (χ1v) is 12.1. The zero-order valence-electron chi connectivity index (χ0n) is 20.1. The zero-order valence-corrected chi connectivity index (χ0v) is 20.1. The van der Waals surface area contributed by atoms with Crippen LogP contribution >= 0.6 is 0 Å². The highest BCUT2D eigenvalue weighted by Crippen LogP contribution is 2.23. The molecule has 0 atom stereocenters. The van der Waals surface area contributed by atoms with E-state index in [1.165, 1.54) is 71.4 Å². The Labute approximate surface area is 196 Å². The summed E-state index contributed by atoms with van der Waals surface area (Å²) in [4.78, 5) is 40.2. The minimum Gasteiger partial charge on any atom is -0.462 e. The van der Waals surface area contributed by atoms with E-state index in [4.69, 9.17) is 14.2 Å². The Kier molecular flexibility index (Phi) is 11.1. The Hall–Kier alpha value is -2.70. The summed E-state index contributed by atoms with van der Waals surface area (Å²) in [6, 6.07) is 6.45. The summed E-state index contributed by atoms with van der Waals surface area (Å²) in [7, 11) is 0. The first-order chi connectivity index (χ1) is 15.8. The van der Waals surface area contributed by atoms with Crippen molar-refractivity contribution in [1.29, 1.82) is 0 Å². The number of aliphatic imine (C=N–C) groups is 1. The van der Waals surface area contributed by atoms with Gasteiger partial charge in [-0.25, -0.2) is 4.79 Å². The van der Waals surface area contributed by atoms with Crippen LogP contribution in [0.1, 0.15) is 95.3 Å². The lowest BCUT2D eigenvalue weighted by Crippen LogP contribution is -2.46. The molecule has 0 radical (unpaired) electrons. The number of esters is 3. The molecule has 7 nitrogen and oxygen atoms in total. The summed E-state index contributed by atoms with van der Waals surface area (Å²) in [5.41, 5.74) is 0.922. The van der Waals surface area contributed by atoms with Crippen LogP contribution in [0.25, 0.3) is 0 Å². The van der Waals surface area contributed by atoms with Gasteiger partial charge in [0.15, 0.2) is 5.92 Å². The molecule has 182 valence electrons. The molecule has 0 aromatic heterocycles. The summed E-state index contributed by atoms with van der Waals surface area (Å²) in [5, 5.41) is 0. The monoisotopic (exact) mass is 459 g/mol. The predicted octanol–water partition coefficient (Wildman–Crippen LogP) is 5.92. The highest BCUT2D eigenvalue weighted by molar-refractivity contribution is 6.10. The van der Waals surface area contributed by atoms with Crippen molar-refractivity contribution in [3.8, 4) is 0 Å². The summed E-state index contributed by atoms with van der Waals surface area (Å²) >= 11 is 0. The number of ether oxygens (including phenoxy) is 3. The second-order valence-electron chi connectivity index (χ2n) is 8.86. The lowest BCUT2D eigenvalue weighted by atomic mass is 10.1. The van der Waals surface area contributed by atoms with Crippen LogP contribution in [-0.4, -0.2) is 36.5 Å². The quantitative estimate of drug-likeness (QED) is 0.148. The fourth-order valence-electron chi connectivity index (χ4n) is 3.53. The molecule has 1 aromatic carbocycles. The van der Waals surface area contributed by atoms with Gasteiger partial charge in [0.1, 0.15) is 0 Å². The molecule has 0 N–H and O–H groups in total. The average Bonchev–Trinajstić information content (AvgIpc) is 2.76. The summed E-state index contributed by atoms with van der Waals surface area (Å²) in [6.45, 7) is 5.63. The van der Waals surface area contributed by atoms with Crippen molar-refractivity contribution in [3.05, 3.63) is 29.8 Å². The number of hydrogen-bond acceptors (Lipinski definition) is 7. The third-order valence-corrected chi connectivity index (χ3v) is 5.41. The average molecular weight is 460 g/mol. The molecular weight excluding hydrogens is 422 g/mol. The van der Waals surface area contributed by atoms with Crippen molar-refractivity contribution in [1.82, 2.24) is 0 Å². The molecule has 33 heavy (non-hydrogen) atoms. The van der Waals surface area contributed by atoms with E-state index < -0.39 is 23.6 Å². The molecule has 2 rings (SSSR count). The highest BCUT2D eigenvalue weighted by Gasteiger charge is 2.42. The molecule has 0 bridgehead atoms. The standard InChI is InChI=1S/C26H37NO6/c1-4-5-6-7-8-9-10-11-12-13-18-31-23(28)20-14-16-21(17-15-20)27-19-22-24(29)32-26(2,3)33-25(22)30/h14-17,19,22H,4-13,18H2,1-3H3. The molecule has 0 aliphatic carbocycles. The van der Waals surface area contributed by atoms with Gasteiger partial charge in [0.2, 0.25) is 0 Å². The number of carbonyl (C=O) groups excluding carboxylic acids is 3. The SMILES string of the molecule is CCCCCCCCCCCCOC(=O)c1ccc(N=CC2C(=O)OC(C)(C)OC2=O)cc1. The molecule has 1 fully saturated rings. The largest absolute Gasteiger partial charge is 0.462 e. The van der Waals surface area contributed by atoms with Crippen LogP contribution in [0.3, 0.4) is 0 Å². The van der Waals surface area contributed by atoms with Crippen LogP contribution < -0.4 is 0 Å².